The average molecular weight is 587 g/mol. The molecule has 0 aliphatic rings. The molecular formula is C24H50N12O5. The lowest BCUT2D eigenvalue weighted by molar-refractivity contribution is -0.142. The molecule has 3 amide bonds. The molecule has 17 nitrogen and oxygen atoms in total. The van der Waals surface area contributed by atoms with Crippen molar-refractivity contribution in [2.24, 2.45) is 50.1 Å². The van der Waals surface area contributed by atoms with E-state index >= 15 is 0 Å². The van der Waals surface area contributed by atoms with E-state index in [4.69, 9.17) is 40.1 Å². The second kappa shape index (κ2) is 22.0. The van der Waals surface area contributed by atoms with Crippen LogP contribution in [0.4, 0.5) is 0 Å². The monoisotopic (exact) mass is 586 g/mol. The molecule has 0 rings (SSSR count). The fraction of sp³-hybridized carbons (Fsp3) is 0.750. The lowest BCUT2D eigenvalue weighted by Crippen LogP contribution is -2.57. The van der Waals surface area contributed by atoms with Crippen LogP contribution < -0.4 is 56.1 Å². The Labute approximate surface area is 240 Å². The molecule has 236 valence electrons. The molecule has 0 radical (unpaired) electrons. The number of nitrogens with two attached hydrogens (primary N) is 7. The predicted octanol–water partition coefficient (Wildman–Crippen LogP) is -3.78. The van der Waals surface area contributed by atoms with Gasteiger partial charge in [-0.15, -0.1) is 0 Å². The fourth-order valence-corrected chi connectivity index (χ4v) is 3.76. The van der Waals surface area contributed by atoms with Crippen molar-refractivity contribution < 1.29 is 24.3 Å². The molecular weight excluding hydrogens is 536 g/mol. The molecule has 0 heterocycles. The zero-order chi connectivity index (χ0) is 31.2. The molecule has 18 N–H and O–H groups in total. The number of rotatable bonds is 23. The van der Waals surface area contributed by atoms with Gasteiger partial charge >= 0.3 is 5.97 Å². The topological polar surface area (TPSA) is 331 Å². The molecule has 0 bridgehead atoms. The van der Waals surface area contributed by atoms with Crippen molar-refractivity contribution in [3.63, 3.8) is 0 Å². The first-order valence-electron chi connectivity index (χ1n) is 13.8. The Balaban J connectivity index is 5.71. The Morgan fingerprint density at radius 2 is 0.976 bits per heavy atom. The molecule has 0 fully saturated rings. The molecule has 17 heteroatoms. The van der Waals surface area contributed by atoms with Gasteiger partial charge < -0.3 is 61.2 Å². The normalized spacial score (nSPS) is 13.6. The molecule has 0 aliphatic heterocycles. The number of hydrogen-bond donors (Lipinski definition) is 11. The van der Waals surface area contributed by atoms with Gasteiger partial charge in [0.1, 0.15) is 18.1 Å². The van der Waals surface area contributed by atoms with Crippen LogP contribution in [-0.2, 0) is 19.2 Å². The van der Waals surface area contributed by atoms with E-state index in [2.05, 4.69) is 25.9 Å². The molecule has 0 aromatic carbocycles. The second-order valence-electron chi connectivity index (χ2n) is 9.59. The second-order valence-corrected chi connectivity index (χ2v) is 9.59. The van der Waals surface area contributed by atoms with Crippen LogP contribution in [0.2, 0.25) is 0 Å². The summed E-state index contributed by atoms with van der Waals surface area (Å²) in [5, 5.41) is 17.3. The average Bonchev–Trinajstić information content (AvgIpc) is 2.90. The number of hydrogen-bond acceptors (Lipinski definition) is 9. The molecule has 4 atom stereocenters. The SMILES string of the molecule is NCCCCC(N)C(=O)NC(CCCN=C(N)N)C(=O)NC(CCCN=C(N)N)C(=O)NC(CCCCN)C(=O)O. The molecule has 0 aliphatic carbocycles. The zero-order valence-electron chi connectivity index (χ0n) is 23.7. The lowest BCUT2D eigenvalue weighted by Gasteiger charge is -2.25. The third-order valence-corrected chi connectivity index (χ3v) is 6.02. The summed E-state index contributed by atoms with van der Waals surface area (Å²) in [5.41, 5.74) is 38.4. The molecule has 0 saturated heterocycles. The first kappa shape index (κ1) is 37.3. The van der Waals surface area contributed by atoms with Gasteiger partial charge in [0.2, 0.25) is 17.7 Å². The molecule has 0 spiro atoms. The van der Waals surface area contributed by atoms with Crippen molar-refractivity contribution in [2.75, 3.05) is 26.2 Å². The number of guanidine groups is 2. The van der Waals surface area contributed by atoms with Crippen LogP contribution in [0.1, 0.15) is 64.2 Å². The summed E-state index contributed by atoms with van der Waals surface area (Å²) in [6, 6.07) is -4.24. The largest absolute Gasteiger partial charge is 0.480 e. The summed E-state index contributed by atoms with van der Waals surface area (Å²) >= 11 is 0. The maximum absolute atomic E-state index is 13.3. The van der Waals surface area contributed by atoms with Crippen molar-refractivity contribution in [3.05, 3.63) is 0 Å². The minimum atomic E-state index is -1.21. The number of amides is 3. The van der Waals surface area contributed by atoms with Crippen LogP contribution in [0, 0.1) is 0 Å². The molecule has 41 heavy (non-hydrogen) atoms. The van der Waals surface area contributed by atoms with E-state index in [-0.39, 0.29) is 44.3 Å². The third-order valence-electron chi connectivity index (χ3n) is 6.02. The van der Waals surface area contributed by atoms with E-state index in [0.717, 1.165) is 0 Å². The van der Waals surface area contributed by atoms with E-state index in [1.54, 1.807) is 0 Å². The molecule has 0 aromatic heterocycles. The number of nitrogens with zero attached hydrogens (tertiary/aromatic N) is 2. The predicted molar refractivity (Wildman–Crippen MR) is 157 cm³/mol. The Kier molecular flexibility index (Phi) is 20.1. The number of carboxylic acid groups (broad SMARTS) is 1. The van der Waals surface area contributed by atoms with E-state index in [9.17, 15) is 24.3 Å². The zero-order valence-corrected chi connectivity index (χ0v) is 23.7. The van der Waals surface area contributed by atoms with Gasteiger partial charge in [-0.3, -0.25) is 24.4 Å². The first-order valence-corrected chi connectivity index (χ1v) is 13.8. The summed E-state index contributed by atoms with van der Waals surface area (Å²) in [7, 11) is 0. The smallest absolute Gasteiger partial charge is 0.326 e. The summed E-state index contributed by atoms with van der Waals surface area (Å²) in [5.74, 6) is -3.36. The number of carboxylic acids is 1. The van der Waals surface area contributed by atoms with Crippen molar-refractivity contribution in [2.45, 2.75) is 88.4 Å². The Morgan fingerprint density at radius 3 is 1.39 bits per heavy atom. The van der Waals surface area contributed by atoms with Crippen molar-refractivity contribution in [3.8, 4) is 0 Å². The fourth-order valence-electron chi connectivity index (χ4n) is 3.76. The van der Waals surface area contributed by atoms with Crippen LogP contribution in [0.5, 0.6) is 0 Å². The molecule has 0 saturated carbocycles. The summed E-state index contributed by atoms with van der Waals surface area (Å²) in [4.78, 5) is 58.7. The Morgan fingerprint density at radius 1 is 0.585 bits per heavy atom. The van der Waals surface area contributed by atoms with Crippen LogP contribution in [0.15, 0.2) is 9.98 Å². The highest BCUT2D eigenvalue weighted by Gasteiger charge is 2.30. The maximum Gasteiger partial charge on any atom is 0.326 e. The van der Waals surface area contributed by atoms with Gasteiger partial charge in [-0.05, 0) is 70.9 Å². The number of carbonyl (C=O) groups excluding carboxylic acids is 3. The minimum Gasteiger partial charge on any atom is -0.480 e. The highest BCUT2D eigenvalue weighted by molar-refractivity contribution is 5.94. The number of nitrogens with one attached hydrogen (secondary N) is 3. The lowest BCUT2D eigenvalue weighted by atomic mass is 10.0. The van der Waals surface area contributed by atoms with Crippen molar-refractivity contribution in [1.29, 1.82) is 0 Å². The van der Waals surface area contributed by atoms with E-state index in [0.29, 0.717) is 58.0 Å². The van der Waals surface area contributed by atoms with E-state index in [1.807, 2.05) is 0 Å². The standard InChI is InChI=1S/C24H50N12O5/c25-11-3-1-7-15(27)19(37)34-16(9-5-13-32-23(28)29)20(38)35-17(10-6-14-33-24(30)31)21(39)36-18(22(40)41)8-2-4-12-26/h15-18H,1-14,25-27H2,(H,34,37)(H,35,38)(H,36,39)(H,40,41)(H4,28,29,32)(H4,30,31,33). The quantitative estimate of drug-likeness (QED) is 0.0312. The van der Waals surface area contributed by atoms with Crippen LogP contribution in [0.25, 0.3) is 0 Å². The Hall–Kier alpha value is -3.70. The van der Waals surface area contributed by atoms with Gasteiger partial charge in [0.05, 0.1) is 6.04 Å². The first-order chi connectivity index (χ1) is 19.4. The summed E-state index contributed by atoms with van der Waals surface area (Å²) in [6.45, 7) is 1.23. The highest BCUT2D eigenvalue weighted by atomic mass is 16.4. The van der Waals surface area contributed by atoms with Crippen LogP contribution >= 0.6 is 0 Å². The molecule has 0 aromatic rings. The van der Waals surface area contributed by atoms with Gasteiger partial charge in [0.15, 0.2) is 11.9 Å². The van der Waals surface area contributed by atoms with E-state index < -0.39 is 47.9 Å². The maximum atomic E-state index is 13.3. The third kappa shape index (κ3) is 18.3. The van der Waals surface area contributed by atoms with Crippen molar-refractivity contribution in [1.82, 2.24) is 16.0 Å². The Bertz CT molecular complexity index is 862. The van der Waals surface area contributed by atoms with Gasteiger partial charge in [-0.25, -0.2) is 4.79 Å². The number of aliphatic imine (C=N–C) groups is 2. The van der Waals surface area contributed by atoms with Gasteiger partial charge in [0.25, 0.3) is 0 Å². The van der Waals surface area contributed by atoms with E-state index in [1.165, 1.54) is 0 Å². The van der Waals surface area contributed by atoms with Crippen molar-refractivity contribution >= 4 is 35.6 Å². The summed E-state index contributed by atoms with van der Waals surface area (Å²) in [6.07, 6.45) is 3.83. The number of carbonyl (C=O) groups is 4. The highest BCUT2D eigenvalue weighted by Crippen LogP contribution is 2.07. The van der Waals surface area contributed by atoms with Gasteiger partial charge in [0, 0.05) is 13.1 Å². The minimum absolute atomic E-state index is 0.0940. The summed E-state index contributed by atoms with van der Waals surface area (Å²) < 4.78 is 0. The van der Waals surface area contributed by atoms with Gasteiger partial charge in [-0.1, -0.05) is 6.42 Å². The number of aliphatic carboxylic acids is 1. The van der Waals surface area contributed by atoms with Crippen LogP contribution in [-0.4, -0.2) is 91.1 Å². The molecule has 4 unspecified atom stereocenters. The van der Waals surface area contributed by atoms with Crippen LogP contribution in [0.3, 0.4) is 0 Å². The van der Waals surface area contributed by atoms with Gasteiger partial charge in [-0.2, -0.15) is 0 Å². The number of unbranched alkanes of at least 4 members (excludes halogenated alkanes) is 2.